The fourth-order valence-electron chi connectivity index (χ4n) is 2.01. The van der Waals surface area contributed by atoms with Crippen LogP contribution in [0.25, 0.3) is 10.9 Å². The Morgan fingerprint density at radius 3 is 3.00 bits per heavy atom. The molecule has 0 saturated carbocycles. The van der Waals surface area contributed by atoms with E-state index in [0.717, 1.165) is 0 Å². The number of rotatable bonds is 4. The number of fused-ring (bicyclic) bond motifs is 1. The highest BCUT2D eigenvalue weighted by molar-refractivity contribution is 7.84. The van der Waals surface area contributed by atoms with Gasteiger partial charge in [-0.3, -0.25) is 9.19 Å². The predicted octanol–water partition coefficient (Wildman–Crippen LogP) is 2.13. The molecule has 0 aliphatic heterocycles. The highest BCUT2D eigenvalue weighted by atomic mass is 32.2. The molecule has 19 heavy (non-hydrogen) atoms. The number of hydrogen-bond donors (Lipinski definition) is 2. The minimum atomic E-state index is -0.944. The predicted molar refractivity (Wildman–Crippen MR) is 78.1 cm³/mol. The van der Waals surface area contributed by atoms with Crippen LogP contribution in [0.4, 0.5) is 15.8 Å². The summed E-state index contributed by atoms with van der Waals surface area (Å²) in [5.74, 6) is -0.00422. The Balaban J connectivity index is 2.45. The summed E-state index contributed by atoms with van der Waals surface area (Å²) in [7, 11) is -0.944. The summed E-state index contributed by atoms with van der Waals surface area (Å²) < 4.78 is 25.2. The Labute approximate surface area is 113 Å². The van der Waals surface area contributed by atoms with Crippen LogP contribution in [0.5, 0.6) is 0 Å². The van der Waals surface area contributed by atoms with Gasteiger partial charge in [-0.05, 0) is 25.1 Å². The number of hydrogen-bond acceptors (Lipinski definition) is 4. The minimum Gasteiger partial charge on any atom is -0.398 e. The zero-order chi connectivity index (χ0) is 14.0. The third-order valence-corrected chi connectivity index (χ3v) is 3.72. The Hall–Kier alpha value is -1.69. The quantitative estimate of drug-likeness (QED) is 0.843. The van der Waals surface area contributed by atoms with Gasteiger partial charge in [0.2, 0.25) is 0 Å². The number of halogens is 1. The lowest BCUT2D eigenvalue weighted by Crippen LogP contribution is -2.23. The molecule has 0 saturated heterocycles. The van der Waals surface area contributed by atoms with Crippen molar-refractivity contribution in [1.29, 1.82) is 0 Å². The van der Waals surface area contributed by atoms with Crippen molar-refractivity contribution in [2.24, 2.45) is 0 Å². The number of nitrogen functional groups attached to an aromatic ring is 1. The van der Waals surface area contributed by atoms with E-state index >= 15 is 0 Å². The maximum atomic E-state index is 14.0. The zero-order valence-corrected chi connectivity index (χ0v) is 11.6. The number of anilines is 2. The fourth-order valence-corrected chi connectivity index (χ4v) is 2.80. The van der Waals surface area contributed by atoms with Crippen LogP contribution in [0.2, 0.25) is 0 Å². The molecule has 0 fully saturated rings. The van der Waals surface area contributed by atoms with Gasteiger partial charge in [0, 0.05) is 46.1 Å². The van der Waals surface area contributed by atoms with E-state index in [0.29, 0.717) is 28.0 Å². The molecule has 6 heteroatoms. The first-order valence-corrected chi connectivity index (χ1v) is 7.61. The van der Waals surface area contributed by atoms with E-state index in [1.165, 1.54) is 6.07 Å². The van der Waals surface area contributed by atoms with E-state index < -0.39 is 16.6 Å². The number of nitrogens with one attached hydrogen (secondary N) is 1. The average molecular weight is 281 g/mol. The molecule has 0 spiro atoms. The monoisotopic (exact) mass is 281 g/mol. The van der Waals surface area contributed by atoms with Gasteiger partial charge in [0.15, 0.2) is 5.82 Å². The van der Waals surface area contributed by atoms with Crippen molar-refractivity contribution in [3.05, 3.63) is 30.2 Å². The van der Waals surface area contributed by atoms with E-state index in [2.05, 4.69) is 10.3 Å². The Morgan fingerprint density at radius 2 is 2.32 bits per heavy atom. The highest BCUT2D eigenvalue weighted by Crippen LogP contribution is 2.29. The summed E-state index contributed by atoms with van der Waals surface area (Å²) in [6, 6.07) is 4.71. The van der Waals surface area contributed by atoms with Crippen LogP contribution < -0.4 is 11.1 Å². The van der Waals surface area contributed by atoms with Gasteiger partial charge in [-0.25, -0.2) is 4.39 Å². The Bertz CT molecular complexity index is 633. The zero-order valence-electron chi connectivity index (χ0n) is 10.8. The summed E-state index contributed by atoms with van der Waals surface area (Å²) in [5, 5.41) is 3.73. The number of nitrogens with two attached hydrogens (primary N) is 1. The SMILES string of the molecule is CC(CS(C)=O)Nc1c(F)cc(N)c2cccnc12. The highest BCUT2D eigenvalue weighted by Gasteiger charge is 2.14. The largest absolute Gasteiger partial charge is 0.398 e. The van der Waals surface area contributed by atoms with Crippen molar-refractivity contribution in [3.8, 4) is 0 Å². The maximum Gasteiger partial charge on any atom is 0.150 e. The molecule has 3 N–H and O–H groups in total. The van der Waals surface area contributed by atoms with Crippen LogP contribution in [0.15, 0.2) is 24.4 Å². The van der Waals surface area contributed by atoms with Gasteiger partial charge in [-0.1, -0.05) is 0 Å². The Morgan fingerprint density at radius 1 is 1.58 bits per heavy atom. The van der Waals surface area contributed by atoms with E-state index in [-0.39, 0.29) is 6.04 Å². The molecule has 2 unspecified atom stereocenters. The van der Waals surface area contributed by atoms with Crippen molar-refractivity contribution >= 4 is 33.1 Å². The molecule has 1 aromatic carbocycles. The summed E-state index contributed by atoms with van der Waals surface area (Å²) in [6.45, 7) is 1.85. The van der Waals surface area contributed by atoms with Gasteiger partial charge in [0.1, 0.15) is 0 Å². The molecule has 0 radical (unpaired) electrons. The van der Waals surface area contributed by atoms with Gasteiger partial charge >= 0.3 is 0 Å². The first kappa shape index (κ1) is 13.7. The number of pyridine rings is 1. The van der Waals surface area contributed by atoms with E-state index in [4.69, 9.17) is 5.73 Å². The summed E-state index contributed by atoms with van der Waals surface area (Å²) >= 11 is 0. The lowest BCUT2D eigenvalue weighted by atomic mass is 10.1. The molecule has 2 atom stereocenters. The first-order chi connectivity index (χ1) is 8.99. The van der Waals surface area contributed by atoms with E-state index in [1.807, 2.05) is 6.92 Å². The van der Waals surface area contributed by atoms with E-state index in [9.17, 15) is 8.60 Å². The molecule has 0 amide bonds. The van der Waals surface area contributed by atoms with Crippen molar-refractivity contribution < 1.29 is 8.60 Å². The number of aromatic nitrogens is 1. The maximum absolute atomic E-state index is 14.0. The van der Waals surface area contributed by atoms with Crippen LogP contribution in [0.3, 0.4) is 0 Å². The van der Waals surface area contributed by atoms with Crippen LogP contribution in [0, 0.1) is 5.82 Å². The van der Waals surface area contributed by atoms with Crippen molar-refractivity contribution in [2.75, 3.05) is 23.1 Å². The number of benzene rings is 1. The second-order valence-corrected chi connectivity index (χ2v) is 5.99. The fraction of sp³-hybridized carbons (Fsp3) is 0.308. The van der Waals surface area contributed by atoms with Gasteiger partial charge in [0.05, 0.1) is 11.2 Å². The second-order valence-electron chi connectivity index (χ2n) is 4.51. The molecule has 2 rings (SSSR count). The van der Waals surface area contributed by atoms with Gasteiger partial charge < -0.3 is 11.1 Å². The van der Waals surface area contributed by atoms with E-state index in [1.54, 1.807) is 24.6 Å². The van der Waals surface area contributed by atoms with Crippen molar-refractivity contribution in [2.45, 2.75) is 13.0 Å². The van der Waals surface area contributed by atoms with Crippen LogP contribution >= 0.6 is 0 Å². The standard InChI is InChI=1S/C13H16FN3OS/c1-8(7-19(2)18)17-13-10(14)6-11(15)9-4-3-5-16-12(9)13/h3-6,8,17H,7,15H2,1-2H3. The summed E-state index contributed by atoms with van der Waals surface area (Å²) in [5.41, 5.74) is 6.94. The van der Waals surface area contributed by atoms with Crippen LogP contribution in [0.1, 0.15) is 6.92 Å². The van der Waals surface area contributed by atoms with Crippen molar-refractivity contribution in [1.82, 2.24) is 4.98 Å². The molecular weight excluding hydrogens is 265 g/mol. The summed E-state index contributed by atoms with van der Waals surface area (Å²) in [6.07, 6.45) is 3.21. The minimum absolute atomic E-state index is 0.117. The molecule has 1 heterocycles. The second kappa shape index (κ2) is 5.52. The Kier molecular flexibility index (Phi) is 3.99. The summed E-state index contributed by atoms with van der Waals surface area (Å²) in [4.78, 5) is 4.18. The average Bonchev–Trinajstić information content (AvgIpc) is 2.33. The van der Waals surface area contributed by atoms with Crippen molar-refractivity contribution in [3.63, 3.8) is 0 Å². The molecule has 1 aromatic heterocycles. The third kappa shape index (κ3) is 3.01. The lowest BCUT2D eigenvalue weighted by Gasteiger charge is -2.16. The van der Waals surface area contributed by atoms with Gasteiger partial charge in [0.25, 0.3) is 0 Å². The molecule has 0 bridgehead atoms. The molecule has 0 aliphatic carbocycles. The number of nitrogens with zero attached hydrogens (tertiary/aromatic N) is 1. The van der Waals surface area contributed by atoms with Gasteiger partial charge in [-0.15, -0.1) is 0 Å². The molecule has 2 aromatic rings. The third-order valence-electron chi connectivity index (χ3n) is 2.75. The van der Waals surface area contributed by atoms with Crippen LogP contribution in [-0.2, 0) is 10.8 Å². The smallest absolute Gasteiger partial charge is 0.150 e. The normalized spacial score (nSPS) is 14.3. The molecule has 102 valence electrons. The molecular formula is C13H16FN3OS. The molecule has 0 aliphatic rings. The van der Waals surface area contributed by atoms with Gasteiger partial charge in [-0.2, -0.15) is 0 Å². The molecule has 4 nitrogen and oxygen atoms in total. The van der Waals surface area contributed by atoms with Crippen LogP contribution in [-0.4, -0.2) is 27.2 Å². The lowest BCUT2D eigenvalue weighted by molar-refractivity contribution is 0.629. The topological polar surface area (TPSA) is 68.0 Å². The first-order valence-electron chi connectivity index (χ1n) is 5.88.